The van der Waals surface area contributed by atoms with E-state index in [2.05, 4.69) is 6.92 Å². The molecule has 0 N–H and O–H groups in total. The number of ether oxygens (including phenoxy) is 4. The number of rotatable bonds is 5. The van der Waals surface area contributed by atoms with E-state index in [0.29, 0.717) is 22.6 Å². The Morgan fingerprint density at radius 1 is 1.19 bits per heavy atom. The first-order valence-electron chi connectivity index (χ1n) is 6.90. The fourth-order valence-corrected chi connectivity index (χ4v) is 2.68. The van der Waals surface area contributed by atoms with Gasteiger partial charge in [0.05, 0.1) is 20.3 Å². The van der Waals surface area contributed by atoms with Crippen LogP contribution in [-0.4, -0.2) is 33.6 Å². The van der Waals surface area contributed by atoms with Gasteiger partial charge in [-0.3, -0.25) is 0 Å². The number of hydrogen-bond acceptors (Lipinski definition) is 5. The summed E-state index contributed by atoms with van der Waals surface area (Å²) in [5.41, 5.74) is 1.80. The minimum Gasteiger partial charge on any atom is -0.496 e. The number of fused-ring (bicyclic) bond motifs is 1. The molecular formula is C16H20O5. The molecular weight excluding hydrogens is 272 g/mol. The summed E-state index contributed by atoms with van der Waals surface area (Å²) in [6.45, 7) is 2.07. The van der Waals surface area contributed by atoms with E-state index >= 15 is 0 Å². The van der Waals surface area contributed by atoms with Gasteiger partial charge in [-0.2, -0.15) is 0 Å². The van der Waals surface area contributed by atoms with Crippen LogP contribution in [0.25, 0.3) is 5.57 Å². The average molecular weight is 292 g/mol. The minimum atomic E-state index is -0.743. The fraction of sp³-hybridized carbons (Fsp3) is 0.500. The number of carbonyl (C=O) groups excluding carboxylic acids is 1. The van der Waals surface area contributed by atoms with Crippen molar-refractivity contribution in [2.45, 2.75) is 32.2 Å². The highest BCUT2D eigenvalue weighted by Crippen LogP contribution is 2.47. The molecule has 0 saturated heterocycles. The van der Waals surface area contributed by atoms with E-state index in [1.807, 2.05) is 12.0 Å². The fourth-order valence-electron chi connectivity index (χ4n) is 2.68. The van der Waals surface area contributed by atoms with Crippen molar-refractivity contribution in [3.63, 3.8) is 0 Å². The Hall–Kier alpha value is -1.81. The van der Waals surface area contributed by atoms with E-state index in [1.54, 1.807) is 20.3 Å². The second-order valence-corrected chi connectivity index (χ2v) is 4.76. The van der Waals surface area contributed by atoms with Crippen molar-refractivity contribution in [2.75, 3.05) is 21.3 Å². The summed E-state index contributed by atoms with van der Waals surface area (Å²) in [5, 5.41) is 0. The standard InChI is InChI=1S/C16H20O5/c1-5-6-13-15-12(19-3)8-7-11(18-2)14(15)10(9-17)16(20-4)21-13/h7-8,13,16H,5-6H2,1-4H3. The SMILES string of the molecule is CCCC1OC(OC)C(=C=O)c2c(OC)ccc(OC)c21. The van der Waals surface area contributed by atoms with E-state index < -0.39 is 6.29 Å². The monoisotopic (exact) mass is 292 g/mol. The summed E-state index contributed by atoms with van der Waals surface area (Å²) >= 11 is 0. The first kappa shape index (κ1) is 15.6. The van der Waals surface area contributed by atoms with Gasteiger partial charge in [0, 0.05) is 18.2 Å². The third kappa shape index (κ3) is 2.68. The lowest BCUT2D eigenvalue weighted by atomic mass is 9.90. The Morgan fingerprint density at radius 3 is 2.38 bits per heavy atom. The highest BCUT2D eigenvalue weighted by molar-refractivity contribution is 5.94. The predicted octanol–water partition coefficient (Wildman–Crippen LogP) is 2.76. The van der Waals surface area contributed by atoms with Gasteiger partial charge >= 0.3 is 0 Å². The Morgan fingerprint density at radius 2 is 1.86 bits per heavy atom. The molecule has 114 valence electrons. The van der Waals surface area contributed by atoms with Gasteiger partial charge in [0.15, 0.2) is 6.29 Å². The number of hydrogen-bond donors (Lipinski definition) is 0. The number of methoxy groups -OCH3 is 3. The van der Waals surface area contributed by atoms with Crippen molar-refractivity contribution in [1.29, 1.82) is 0 Å². The minimum absolute atomic E-state index is 0.211. The average Bonchev–Trinajstić information content (AvgIpc) is 2.53. The normalized spacial score (nSPS) is 20.7. The molecule has 1 heterocycles. The zero-order valence-electron chi connectivity index (χ0n) is 12.8. The van der Waals surface area contributed by atoms with Crippen LogP contribution in [-0.2, 0) is 14.3 Å². The van der Waals surface area contributed by atoms with Gasteiger partial charge in [-0.05, 0) is 18.6 Å². The molecule has 1 aromatic rings. The molecule has 2 rings (SSSR count). The smallest absolute Gasteiger partial charge is 0.195 e. The molecule has 2 unspecified atom stereocenters. The Labute approximate surface area is 124 Å². The van der Waals surface area contributed by atoms with Crippen LogP contribution >= 0.6 is 0 Å². The van der Waals surface area contributed by atoms with E-state index in [1.165, 1.54) is 7.11 Å². The highest BCUT2D eigenvalue weighted by Gasteiger charge is 2.37. The summed E-state index contributed by atoms with van der Waals surface area (Å²) < 4.78 is 22.0. The van der Waals surface area contributed by atoms with Gasteiger partial charge in [-0.25, -0.2) is 4.79 Å². The van der Waals surface area contributed by atoms with Gasteiger partial charge in [-0.15, -0.1) is 0 Å². The van der Waals surface area contributed by atoms with Crippen LogP contribution < -0.4 is 9.47 Å². The maximum absolute atomic E-state index is 11.4. The molecule has 0 aliphatic carbocycles. The maximum Gasteiger partial charge on any atom is 0.195 e. The zero-order chi connectivity index (χ0) is 15.4. The summed E-state index contributed by atoms with van der Waals surface area (Å²) in [5.74, 6) is 3.20. The first-order valence-corrected chi connectivity index (χ1v) is 6.90. The largest absolute Gasteiger partial charge is 0.496 e. The zero-order valence-corrected chi connectivity index (χ0v) is 12.8. The lowest BCUT2D eigenvalue weighted by Gasteiger charge is -2.33. The molecule has 0 aromatic heterocycles. The van der Waals surface area contributed by atoms with Crippen molar-refractivity contribution in [3.8, 4) is 11.5 Å². The molecule has 5 heteroatoms. The molecule has 0 spiro atoms. The van der Waals surface area contributed by atoms with Crippen LogP contribution in [0.2, 0.25) is 0 Å². The van der Waals surface area contributed by atoms with Crippen LogP contribution in [0.1, 0.15) is 37.0 Å². The summed E-state index contributed by atoms with van der Waals surface area (Å²) in [4.78, 5) is 11.4. The Bertz CT molecular complexity index is 560. The lowest BCUT2D eigenvalue weighted by molar-refractivity contribution is -0.128. The van der Waals surface area contributed by atoms with Crippen molar-refractivity contribution in [3.05, 3.63) is 23.3 Å². The van der Waals surface area contributed by atoms with E-state index in [4.69, 9.17) is 18.9 Å². The summed E-state index contributed by atoms with van der Waals surface area (Å²) in [6.07, 6.45) is 0.772. The Balaban J connectivity index is 2.71. The highest BCUT2D eigenvalue weighted by atomic mass is 16.7. The first-order chi connectivity index (χ1) is 10.2. The molecule has 0 bridgehead atoms. The molecule has 0 saturated carbocycles. The molecule has 0 radical (unpaired) electrons. The van der Waals surface area contributed by atoms with Crippen LogP contribution in [0.15, 0.2) is 12.1 Å². The molecule has 5 nitrogen and oxygen atoms in total. The van der Waals surface area contributed by atoms with Crippen molar-refractivity contribution in [2.24, 2.45) is 0 Å². The van der Waals surface area contributed by atoms with Gasteiger partial charge < -0.3 is 18.9 Å². The van der Waals surface area contributed by atoms with Gasteiger partial charge in [0.1, 0.15) is 23.0 Å². The van der Waals surface area contributed by atoms with E-state index in [9.17, 15) is 4.79 Å². The van der Waals surface area contributed by atoms with Crippen LogP contribution in [0.4, 0.5) is 0 Å². The molecule has 1 aromatic carbocycles. The van der Waals surface area contributed by atoms with Crippen molar-refractivity contribution >= 4 is 11.5 Å². The topological polar surface area (TPSA) is 54.0 Å². The van der Waals surface area contributed by atoms with E-state index in [0.717, 1.165) is 18.4 Å². The predicted molar refractivity (Wildman–Crippen MR) is 78.2 cm³/mol. The third-order valence-corrected chi connectivity index (χ3v) is 3.60. The second kappa shape index (κ2) is 6.76. The quantitative estimate of drug-likeness (QED) is 0.781. The summed E-state index contributed by atoms with van der Waals surface area (Å²) in [6, 6.07) is 3.59. The molecule has 1 aliphatic rings. The lowest BCUT2D eigenvalue weighted by Crippen LogP contribution is -2.28. The van der Waals surface area contributed by atoms with Crippen LogP contribution in [0.3, 0.4) is 0 Å². The maximum atomic E-state index is 11.4. The Kier molecular flexibility index (Phi) is 5.02. The van der Waals surface area contributed by atoms with Crippen LogP contribution in [0, 0.1) is 0 Å². The van der Waals surface area contributed by atoms with Gasteiger partial charge in [0.2, 0.25) is 0 Å². The number of benzene rings is 1. The summed E-state index contributed by atoms with van der Waals surface area (Å²) in [7, 11) is 4.66. The molecule has 0 amide bonds. The van der Waals surface area contributed by atoms with Crippen molar-refractivity contribution < 1.29 is 23.7 Å². The van der Waals surface area contributed by atoms with Gasteiger partial charge in [0.25, 0.3) is 0 Å². The second-order valence-electron chi connectivity index (χ2n) is 4.76. The molecule has 21 heavy (non-hydrogen) atoms. The van der Waals surface area contributed by atoms with Gasteiger partial charge in [-0.1, -0.05) is 13.3 Å². The molecule has 0 fully saturated rings. The van der Waals surface area contributed by atoms with E-state index in [-0.39, 0.29) is 6.10 Å². The van der Waals surface area contributed by atoms with Crippen LogP contribution in [0.5, 0.6) is 11.5 Å². The third-order valence-electron chi connectivity index (χ3n) is 3.60. The molecule has 2 atom stereocenters. The van der Waals surface area contributed by atoms with Crippen molar-refractivity contribution in [1.82, 2.24) is 0 Å². The molecule has 1 aliphatic heterocycles.